The molecule has 0 unspecified atom stereocenters. The third-order valence-corrected chi connectivity index (χ3v) is 3.45. The van der Waals surface area contributed by atoms with Crippen molar-refractivity contribution in [2.75, 3.05) is 0 Å². The highest BCUT2D eigenvalue weighted by atomic mass is 16.1. The number of carbonyl (C=O) groups excluding carboxylic acids is 1. The van der Waals surface area contributed by atoms with E-state index in [2.05, 4.69) is 34.6 Å². The normalized spacial score (nSPS) is 13.1. The van der Waals surface area contributed by atoms with Gasteiger partial charge in [-0.25, -0.2) is 0 Å². The standard InChI is InChI=1S/C12H24O/c1-8(2)11(13)12(7,9(3)4)10(5)6/h8-10H,1-7H3. The van der Waals surface area contributed by atoms with Crippen molar-refractivity contribution in [2.45, 2.75) is 48.5 Å². The first-order chi connectivity index (χ1) is 5.74. The van der Waals surface area contributed by atoms with Crippen LogP contribution in [0.2, 0.25) is 0 Å². The largest absolute Gasteiger partial charge is 0.299 e. The molecule has 0 heterocycles. The summed E-state index contributed by atoms with van der Waals surface area (Å²) in [6.07, 6.45) is 0. The number of ketones is 1. The maximum absolute atomic E-state index is 12.0. The topological polar surface area (TPSA) is 17.1 Å². The van der Waals surface area contributed by atoms with Crippen molar-refractivity contribution in [2.24, 2.45) is 23.2 Å². The molecule has 0 aromatic carbocycles. The Morgan fingerprint density at radius 2 is 1.23 bits per heavy atom. The molecule has 0 aromatic rings. The lowest BCUT2D eigenvalue weighted by Crippen LogP contribution is -2.40. The Hall–Kier alpha value is -0.330. The summed E-state index contributed by atoms with van der Waals surface area (Å²) in [5, 5.41) is 0. The molecule has 0 amide bonds. The lowest BCUT2D eigenvalue weighted by atomic mass is 9.65. The lowest BCUT2D eigenvalue weighted by molar-refractivity contribution is -0.136. The monoisotopic (exact) mass is 184 g/mol. The average Bonchev–Trinajstić information content (AvgIpc) is 2.00. The number of hydrogen-bond donors (Lipinski definition) is 0. The second kappa shape index (κ2) is 4.26. The molecule has 0 aliphatic carbocycles. The Balaban J connectivity index is 4.91. The number of hydrogen-bond acceptors (Lipinski definition) is 1. The Bertz CT molecular complexity index is 170. The highest BCUT2D eigenvalue weighted by Gasteiger charge is 2.40. The van der Waals surface area contributed by atoms with Crippen LogP contribution >= 0.6 is 0 Å². The van der Waals surface area contributed by atoms with Gasteiger partial charge in [0, 0.05) is 11.3 Å². The maximum atomic E-state index is 12.0. The van der Waals surface area contributed by atoms with Crippen LogP contribution in [0.1, 0.15) is 48.5 Å². The molecular formula is C12H24O. The Morgan fingerprint density at radius 1 is 0.923 bits per heavy atom. The van der Waals surface area contributed by atoms with Crippen LogP contribution in [-0.2, 0) is 4.79 Å². The van der Waals surface area contributed by atoms with Crippen LogP contribution in [0.5, 0.6) is 0 Å². The number of Topliss-reactive ketones (excluding diaryl/α,β-unsaturated/α-hetero) is 1. The summed E-state index contributed by atoms with van der Waals surface area (Å²) >= 11 is 0. The van der Waals surface area contributed by atoms with Gasteiger partial charge in [0.25, 0.3) is 0 Å². The molecule has 0 atom stereocenters. The van der Waals surface area contributed by atoms with Crippen LogP contribution < -0.4 is 0 Å². The molecule has 0 N–H and O–H groups in total. The van der Waals surface area contributed by atoms with Gasteiger partial charge < -0.3 is 0 Å². The van der Waals surface area contributed by atoms with E-state index in [-0.39, 0.29) is 11.3 Å². The molecule has 0 fully saturated rings. The van der Waals surface area contributed by atoms with E-state index < -0.39 is 0 Å². The molecular weight excluding hydrogens is 160 g/mol. The fourth-order valence-electron chi connectivity index (χ4n) is 1.86. The first kappa shape index (κ1) is 12.7. The zero-order valence-electron chi connectivity index (χ0n) is 10.1. The van der Waals surface area contributed by atoms with Gasteiger partial charge in [-0.15, -0.1) is 0 Å². The molecule has 78 valence electrons. The zero-order chi connectivity index (χ0) is 10.8. The van der Waals surface area contributed by atoms with E-state index in [0.717, 1.165) is 0 Å². The summed E-state index contributed by atoms with van der Waals surface area (Å²) in [7, 11) is 0. The van der Waals surface area contributed by atoms with Crippen LogP contribution in [-0.4, -0.2) is 5.78 Å². The highest BCUT2D eigenvalue weighted by molar-refractivity contribution is 5.86. The lowest BCUT2D eigenvalue weighted by Gasteiger charge is -2.37. The van der Waals surface area contributed by atoms with Crippen LogP contribution in [0.3, 0.4) is 0 Å². The van der Waals surface area contributed by atoms with Crippen LogP contribution in [0.4, 0.5) is 0 Å². The zero-order valence-corrected chi connectivity index (χ0v) is 10.1. The molecule has 0 radical (unpaired) electrons. The van der Waals surface area contributed by atoms with Crippen molar-refractivity contribution in [3.8, 4) is 0 Å². The van der Waals surface area contributed by atoms with Crippen molar-refractivity contribution < 1.29 is 4.79 Å². The second-order valence-corrected chi connectivity index (χ2v) is 5.11. The first-order valence-corrected chi connectivity index (χ1v) is 5.28. The smallest absolute Gasteiger partial charge is 0.141 e. The van der Waals surface area contributed by atoms with Crippen molar-refractivity contribution in [1.29, 1.82) is 0 Å². The molecule has 0 bridgehead atoms. The van der Waals surface area contributed by atoms with Gasteiger partial charge in [-0.2, -0.15) is 0 Å². The van der Waals surface area contributed by atoms with Gasteiger partial charge in [0.2, 0.25) is 0 Å². The van der Waals surface area contributed by atoms with E-state index >= 15 is 0 Å². The van der Waals surface area contributed by atoms with Gasteiger partial charge in [-0.3, -0.25) is 4.79 Å². The van der Waals surface area contributed by atoms with Crippen molar-refractivity contribution in [3.63, 3.8) is 0 Å². The van der Waals surface area contributed by atoms with Crippen molar-refractivity contribution >= 4 is 5.78 Å². The molecule has 13 heavy (non-hydrogen) atoms. The third-order valence-electron chi connectivity index (χ3n) is 3.45. The molecule has 0 saturated carbocycles. The SMILES string of the molecule is CC(C)C(=O)C(C)(C(C)C)C(C)C. The van der Waals surface area contributed by atoms with E-state index in [9.17, 15) is 4.79 Å². The predicted octanol–water partition coefficient (Wildman–Crippen LogP) is 3.53. The summed E-state index contributed by atoms with van der Waals surface area (Å²) in [6.45, 7) is 14.6. The molecule has 0 rings (SSSR count). The van der Waals surface area contributed by atoms with Crippen molar-refractivity contribution in [1.82, 2.24) is 0 Å². The third kappa shape index (κ3) is 2.32. The number of carbonyl (C=O) groups is 1. The van der Waals surface area contributed by atoms with E-state index in [1.54, 1.807) is 0 Å². The molecule has 0 aliphatic heterocycles. The van der Waals surface area contributed by atoms with Gasteiger partial charge in [0.05, 0.1) is 0 Å². The molecule has 1 nitrogen and oxygen atoms in total. The summed E-state index contributed by atoms with van der Waals surface area (Å²) in [5.41, 5.74) is -0.159. The highest BCUT2D eigenvalue weighted by Crippen LogP contribution is 2.38. The van der Waals surface area contributed by atoms with Crippen molar-refractivity contribution in [3.05, 3.63) is 0 Å². The minimum atomic E-state index is -0.159. The van der Waals surface area contributed by atoms with Gasteiger partial charge in [0.1, 0.15) is 5.78 Å². The molecule has 0 aromatic heterocycles. The van der Waals surface area contributed by atoms with E-state index in [4.69, 9.17) is 0 Å². The molecule has 0 aliphatic rings. The van der Waals surface area contributed by atoms with E-state index in [0.29, 0.717) is 17.6 Å². The second-order valence-electron chi connectivity index (χ2n) is 5.11. The fourth-order valence-corrected chi connectivity index (χ4v) is 1.86. The molecule has 1 heteroatoms. The van der Waals surface area contributed by atoms with E-state index in [1.807, 2.05) is 13.8 Å². The average molecular weight is 184 g/mol. The van der Waals surface area contributed by atoms with Gasteiger partial charge >= 0.3 is 0 Å². The molecule has 0 spiro atoms. The Morgan fingerprint density at radius 3 is 1.31 bits per heavy atom. The van der Waals surface area contributed by atoms with Crippen LogP contribution in [0, 0.1) is 23.2 Å². The maximum Gasteiger partial charge on any atom is 0.141 e. The minimum Gasteiger partial charge on any atom is -0.299 e. The van der Waals surface area contributed by atoms with Crippen LogP contribution in [0.15, 0.2) is 0 Å². The van der Waals surface area contributed by atoms with E-state index in [1.165, 1.54) is 0 Å². The van der Waals surface area contributed by atoms with Gasteiger partial charge in [0.15, 0.2) is 0 Å². The fraction of sp³-hybridized carbons (Fsp3) is 0.917. The summed E-state index contributed by atoms with van der Waals surface area (Å²) < 4.78 is 0. The number of rotatable bonds is 4. The van der Waals surface area contributed by atoms with Gasteiger partial charge in [-0.05, 0) is 11.8 Å². The summed E-state index contributed by atoms with van der Waals surface area (Å²) in [4.78, 5) is 12.0. The summed E-state index contributed by atoms with van der Waals surface area (Å²) in [6, 6.07) is 0. The first-order valence-electron chi connectivity index (χ1n) is 5.28. The van der Waals surface area contributed by atoms with Gasteiger partial charge in [-0.1, -0.05) is 48.5 Å². The predicted molar refractivity (Wildman–Crippen MR) is 57.6 cm³/mol. The Labute approximate surface area is 82.9 Å². The minimum absolute atomic E-state index is 0.148. The Kier molecular flexibility index (Phi) is 4.15. The summed E-state index contributed by atoms with van der Waals surface area (Å²) in [5.74, 6) is 1.39. The quantitative estimate of drug-likeness (QED) is 0.653. The van der Waals surface area contributed by atoms with Crippen LogP contribution in [0.25, 0.3) is 0 Å². The molecule has 0 saturated heterocycles.